The van der Waals surface area contributed by atoms with E-state index in [1.807, 2.05) is 0 Å². The zero-order valence-electron chi connectivity index (χ0n) is 18.7. The van der Waals surface area contributed by atoms with Crippen molar-refractivity contribution in [3.63, 3.8) is 0 Å². The molecule has 0 bridgehead atoms. The molecule has 1 heterocycles. The highest BCUT2D eigenvalue weighted by Gasteiger charge is 2.25. The van der Waals surface area contributed by atoms with Crippen molar-refractivity contribution >= 4 is 35.6 Å². The van der Waals surface area contributed by atoms with Crippen LogP contribution in [0.25, 0.3) is 0 Å². The number of guanidine groups is 1. The van der Waals surface area contributed by atoms with Gasteiger partial charge in [0, 0.05) is 38.5 Å². The van der Waals surface area contributed by atoms with Crippen LogP contribution in [-0.4, -0.2) is 43.9 Å². The second kappa shape index (κ2) is 13.3. The summed E-state index contributed by atoms with van der Waals surface area (Å²) in [5.41, 5.74) is 2.68. The largest absolute Gasteiger partial charge is 0.396 e. The first-order valence-electron chi connectivity index (χ1n) is 11.1. The number of nitrogens with zero attached hydrogens (tertiary/aromatic N) is 2. The Labute approximate surface area is 194 Å². The minimum Gasteiger partial charge on any atom is -0.396 e. The fourth-order valence-electron chi connectivity index (χ4n) is 3.96. The van der Waals surface area contributed by atoms with Crippen LogP contribution >= 0.6 is 24.0 Å². The van der Waals surface area contributed by atoms with Gasteiger partial charge in [0.1, 0.15) is 0 Å². The molecule has 1 aromatic carbocycles. The Bertz CT molecular complexity index is 613. The summed E-state index contributed by atoms with van der Waals surface area (Å²) in [7, 11) is 0. The fourth-order valence-corrected chi connectivity index (χ4v) is 3.96. The quantitative estimate of drug-likeness (QED) is 0.240. The number of hydrogen-bond donors (Lipinski definition) is 3. The van der Waals surface area contributed by atoms with Gasteiger partial charge in [0.2, 0.25) is 0 Å². The maximum atomic E-state index is 9.46. The normalized spacial score (nSPS) is 15.8. The van der Waals surface area contributed by atoms with E-state index in [1.54, 1.807) is 0 Å². The SMILES string of the molecule is CCNC(=NCC(CC)(CC)CCO)NC(C)c1cccc(N2CCCC2)c1.I. The molecular weight excluding hydrogens is 475 g/mol. The lowest BCUT2D eigenvalue weighted by Gasteiger charge is -2.30. The van der Waals surface area contributed by atoms with Gasteiger partial charge < -0.3 is 20.6 Å². The van der Waals surface area contributed by atoms with E-state index in [2.05, 4.69) is 67.5 Å². The Kier molecular flexibility index (Phi) is 11.9. The standard InChI is InChI=1S/C23H40N4O.HI/c1-5-23(6-2,13-16-28)18-25-22(24-7-3)26-19(4)20-11-10-12-21(17-20)27-14-8-9-15-27;/h10-12,17,19,28H,5-9,13-16,18H2,1-4H3,(H2,24,25,26);1H. The van der Waals surface area contributed by atoms with Crippen molar-refractivity contribution in [1.82, 2.24) is 10.6 Å². The molecule has 166 valence electrons. The molecule has 1 atom stereocenters. The minimum atomic E-state index is 0. The van der Waals surface area contributed by atoms with E-state index in [-0.39, 0.29) is 42.0 Å². The Morgan fingerprint density at radius 1 is 1.21 bits per heavy atom. The molecule has 0 amide bonds. The van der Waals surface area contributed by atoms with Crippen LogP contribution in [0.3, 0.4) is 0 Å². The van der Waals surface area contributed by atoms with Gasteiger partial charge in [-0.3, -0.25) is 4.99 Å². The molecule has 3 N–H and O–H groups in total. The summed E-state index contributed by atoms with van der Waals surface area (Å²) < 4.78 is 0. The molecule has 1 aromatic rings. The summed E-state index contributed by atoms with van der Waals surface area (Å²) in [5.74, 6) is 0.853. The van der Waals surface area contributed by atoms with Gasteiger partial charge in [-0.1, -0.05) is 26.0 Å². The summed E-state index contributed by atoms with van der Waals surface area (Å²) in [6.45, 7) is 12.8. The highest BCUT2D eigenvalue weighted by atomic mass is 127. The van der Waals surface area contributed by atoms with Crippen LogP contribution in [0.15, 0.2) is 29.3 Å². The molecule has 1 aliphatic rings. The van der Waals surface area contributed by atoms with Gasteiger partial charge in [-0.25, -0.2) is 0 Å². The lowest BCUT2D eigenvalue weighted by molar-refractivity contribution is 0.175. The van der Waals surface area contributed by atoms with Crippen LogP contribution < -0.4 is 15.5 Å². The molecule has 0 aliphatic carbocycles. The van der Waals surface area contributed by atoms with Crippen LogP contribution in [-0.2, 0) is 0 Å². The lowest BCUT2D eigenvalue weighted by atomic mass is 9.79. The average Bonchev–Trinajstić information content (AvgIpc) is 3.26. The molecule has 2 rings (SSSR count). The highest BCUT2D eigenvalue weighted by molar-refractivity contribution is 14.0. The molecule has 5 nitrogen and oxygen atoms in total. The van der Waals surface area contributed by atoms with Gasteiger partial charge in [0.15, 0.2) is 5.96 Å². The predicted octanol–water partition coefficient (Wildman–Crippen LogP) is 4.71. The van der Waals surface area contributed by atoms with Crippen molar-refractivity contribution < 1.29 is 5.11 Å². The molecule has 0 radical (unpaired) electrons. The van der Waals surface area contributed by atoms with Crippen molar-refractivity contribution in [2.75, 3.05) is 37.7 Å². The average molecular weight is 517 g/mol. The van der Waals surface area contributed by atoms with Crippen LogP contribution in [0.1, 0.15) is 71.4 Å². The summed E-state index contributed by atoms with van der Waals surface area (Å²) in [6, 6.07) is 9.05. The Balaban J connectivity index is 0.00000420. The molecule has 6 heteroatoms. The summed E-state index contributed by atoms with van der Waals surface area (Å²) in [6.07, 6.45) is 5.44. The van der Waals surface area contributed by atoms with E-state index in [9.17, 15) is 5.11 Å². The van der Waals surface area contributed by atoms with Crippen LogP contribution in [0.5, 0.6) is 0 Å². The molecule has 0 saturated carbocycles. The third-order valence-electron chi connectivity index (χ3n) is 6.25. The van der Waals surface area contributed by atoms with Crippen molar-refractivity contribution in [1.29, 1.82) is 0 Å². The number of aliphatic hydroxyl groups excluding tert-OH is 1. The maximum absolute atomic E-state index is 9.46. The number of anilines is 1. The number of aliphatic imine (C=N–C) groups is 1. The molecular formula is C23H41IN4O. The molecule has 1 aliphatic heterocycles. The van der Waals surface area contributed by atoms with Gasteiger partial charge in [-0.05, 0) is 69.1 Å². The van der Waals surface area contributed by atoms with Gasteiger partial charge in [-0.2, -0.15) is 0 Å². The van der Waals surface area contributed by atoms with E-state index in [1.165, 1.54) is 24.1 Å². The number of nitrogens with one attached hydrogen (secondary N) is 2. The lowest BCUT2D eigenvalue weighted by Crippen LogP contribution is -2.40. The number of benzene rings is 1. The van der Waals surface area contributed by atoms with Gasteiger partial charge >= 0.3 is 0 Å². The smallest absolute Gasteiger partial charge is 0.191 e. The highest BCUT2D eigenvalue weighted by Crippen LogP contribution is 2.30. The first-order chi connectivity index (χ1) is 13.6. The van der Waals surface area contributed by atoms with Crippen LogP contribution in [0.2, 0.25) is 0 Å². The molecule has 29 heavy (non-hydrogen) atoms. The summed E-state index contributed by atoms with van der Waals surface area (Å²) in [5, 5.41) is 16.4. The molecule has 0 aromatic heterocycles. The van der Waals surface area contributed by atoms with Crippen molar-refractivity contribution in [3.05, 3.63) is 29.8 Å². The zero-order valence-corrected chi connectivity index (χ0v) is 21.0. The van der Waals surface area contributed by atoms with Crippen molar-refractivity contribution in [3.8, 4) is 0 Å². The fraction of sp³-hybridized carbons (Fsp3) is 0.696. The van der Waals surface area contributed by atoms with E-state index in [0.717, 1.165) is 51.4 Å². The number of rotatable bonds is 10. The molecule has 1 unspecified atom stereocenters. The third-order valence-corrected chi connectivity index (χ3v) is 6.25. The van der Waals surface area contributed by atoms with E-state index in [4.69, 9.17) is 4.99 Å². The Morgan fingerprint density at radius 2 is 1.90 bits per heavy atom. The molecule has 1 saturated heterocycles. The second-order valence-electron chi connectivity index (χ2n) is 8.03. The predicted molar refractivity (Wildman–Crippen MR) is 136 cm³/mol. The topological polar surface area (TPSA) is 59.9 Å². The van der Waals surface area contributed by atoms with Gasteiger partial charge in [0.25, 0.3) is 0 Å². The summed E-state index contributed by atoms with van der Waals surface area (Å²) in [4.78, 5) is 7.36. The van der Waals surface area contributed by atoms with Crippen LogP contribution in [0.4, 0.5) is 5.69 Å². The Morgan fingerprint density at radius 3 is 2.48 bits per heavy atom. The zero-order chi connectivity index (χ0) is 20.4. The van der Waals surface area contributed by atoms with Crippen molar-refractivity contribution in [2.24, 2.45) is 10.4 Å². The number of aliphatic hydroxyl groups is 1. The van der Waals surface area contributed by atoms with Gasteiger partial charge in [0.05, 0.1) is 6.04 Å². The first kappa shape index (κ1) is 26.0. The number of hydrogen-bond acceptors (Lipinski definition) is 3. The first-order valence-corrected chi connectivity index (χ1v) is 11.1. The van der Waals surface area contributed by atoms with Gasteiger partial charge in [-0.15, -0.1) is 24.0 Å². The second-order valence-corrected chi connectivity index (χ2v) is 8.03. The minimum absolute atomic E-state index is 0. The van der Waals surface area contributed by atoms with Crippen LogP contribution in [0, 0.1) is 5.41 Å². The monoisotopic (exact) mass is 516 g/mol. The van der Waals surface area contributed by atoms with E-state index in [0.29, 0.717) is 0 Å². The number of halogens is 1. The maximum Gasteiger partial charge on any atom is 0.191 e. The van der Waals surface area contributed by atoms with Crippen molar-refractivity contribution in [2.45, 2.75) is 65.8 Å². The third kappa shape index (κ3) is 7.63. The van der Waals surface area contributed by atoms with E-state index >= 15 is 0 Å². The Hall–Kier alpha value is -1.02. The molecule has 1 fully saturated rings. The molecule has 0 spiro atoms. The van der Waals surface area contributed by atoms with E-state index < -0.39 is 0 Å². The summed E-state index contributed by atoms with van der Waals surface area (Å²) >= 11 is 0.